The Bertz CT molecular complexity index is 2780. The molecule has 10 rings (SSSR count). The third-order valence-electron chi connectivity index (χ3n) is 11.7. The highest BCUT2D eigenvalue weighted by atomic mass is 15.0. The maximum absolute atomic E-state index is 9.71. The molecule has 1 spiro atoms. The van der Waals surface area contributed by atoms with Crippen LogP contribution in [0.15, 0.2) is 164 Å². The molecule has 0 N–H and O–H groups in total. The van der Waals surface area contributed by atoms with Crippen LogP contribution in [0.3, 0.4) is 0 Å². The Labute approximate surface area is 327 Å². The molecule has 0 amide bonds. The van der Waals surface area contributed by atoms with E-state index >= 15 is 0 Å². The highest BCUT2D eigenvalue weighted by Crippen LogP contribution is 2.56. The zero-order valence-corrected chi connectivity index (χ0v) is 30.9. The maximum atomic E-state index is 9.71. The van der Waals surface area contributed by atoms with Crippen LogP contribution >= 0.6 is 0 Å². The van der Waals surface area contributed by atoms with E-state index in [1.165, 1.54) is 52.6 Å². The van der Waals surface area contributed by atoms with E-state index in [0.717, 1.165) is 57.3 Å². The summed E-state index contributed by atoms with van der Waals surface area (Å²) in [5, 5.41) is 9.71. The van der Waals surface area contributed by atoms with Gasteiger partial charge in [0.05, 0.1) is 11.6 Å². The number of benzene rings is 6. The van der Waals surface area contributed by atoms with Crippen LogP contribution in [-0.2, 0) is 5.41 Å². The van der Waals surface area contributed by atoms with Gasteiger partial charge in [-0.2, -0.15) is 5.26 Å². The van der Waals surface area contributed by atoms with Crippen molar-refractivity contribution in [1.29, 1.82) is 5.26 Å². The monoisotopic (exact) mass is 719 g/mol. The molecule has 56 heavy (non-hydrogen) atoms. The van der Waals surface area contributed by atoms with Crippen LogP contribution in [0.2, 0.25) is 0 Å². The number of aromatic nitrogens is 4. The number of nitriles is 1. The molecule has 0 unspecified atom stereocenters. The third-order valence-corrected chi connectivity index (χ3v) is 11.7. The van der Waals surface area contributed by atoms with E-state index in [1.54, 1.807) is 6.20 Å². The second-order valence-corrected chi connectivity index (χ2v) is 14.9. The molecule has 8 aromatic rings. The second kappa shape index (κ2) is 14.0. The van der Waals surface area contributed by atoms with Gasteiger partial charge in [-0.1, -0.05) is 135 Å². The standard InChI is InChI=1S/C51H37N5/c52-32-34-17-24-46-45(28-34)44-23-22-41(31-47(44)51(46)25-5-2-6-26-51)39-13-7-12-38(29-39)40-14-8-15-42(30-40)50-55-48(36-10-3-1-4-11-36)54-49(56-50)37-20-18-35(19-21-37)43-16-9-27-53-33-43/h1,3-4,7-24,27-31,33H,2,5-6,25-26H2. The summed E-state index contributed by atoms with van der Waals surface area (Å²) in [7, 11) is 0. The SMILES string of the molecule is N#Cc1ccc2c(c1)-c1ccc(-c3cccc(-c4cccc(-c5nc(-c6ccccc6)nc(-c6ccc(-c7cccnc7)cc6)n5)c4)c3)cc1C21CCCCC1. The van der Waals surface area contributed by atoms with E-state index in [4.69, 9.17) is 15.0 Å². The molecule has 266 valence electrons. The van der Waals surface area contributed by atoms with Gasteiger partial charge in [0.25, 0.3) is 0 Å². The molecule has 0 radical (unpaired) electrons. The third kappa shape index (κ3) is 5.97. The lowest BCUT2D eigenvalue weighted by molar-refractivity contribution is 0.353. The molecule has 2 heterocycles. The van der Waals surface area contributed by atoms with Gasteiger partial charge < -0.3 is 0 Å². The van der Waals surface area contributed by atoms with E-state index in [9.17, 15) is 5.26 Å². The quantitative estimate of drug-likeness (QED) is 0.171. The summed E-state index contributed by atoms with van der Waals surface area (Å²) in [6.45, 7) is 0. The first kappa shape index (κ1) is 33.5. The number of nitrogens with zero attached hydrogens (tertiary/aromatic N) is 5. The number of pyridine rings is 1. The topological polar surface area (TPSA) is 75.3 Å². The van der Waals surface area contributed by atoms with Crippen molar-refractivity contribution in [3.05, 3.63) is 181 Å². The maximum Gasteiger partial charge on any atom is 0.164 e. The summed E-state index contributed by atoms with van der Waals surface area (Å²) in [5.74, 6) is 1.88. The number of rotatable bonds is 6. The summed E-state index contributed by atoms with van der Waals surface area (Å²) in [6, 6.07) is 55.4. The van der Waals surface area contributed by atoms with Crippen molar-refractivity contribution in [2.45, 2.75) is 37.5 Å². The lowest BCUT2D eigenvalue weighted by atomic mass is 9.67. The zero-order chi connectivity index (χ0) is 37.5. The minimum atomic E-state index is 0.0161. The van der Waals surface area contributed by atoms with Crippen molar-refractivity contribution in [3.63, 3.8) is 0 Å². The molecule has 5 nitrogen and oxygen atoms in total. The van der Waals surface area contributed by atoms with Crippen molar-refractivity contribution < 1.29 is 0 Å². The van der Waals surface area contributed by atoms with E-state index in [2.05, 4.69) is 120 Å². The Balaban J connectivity index is 1.02. The molecule has 1 fully saturated rings. The molecule has 5 heteroatoms. The average molecular weight is 720 g/mol. The largest absolute Gasteiger partial charge is 0.264 e. The summed E-state index contributed by atoms with van der Waals surface area (Å²) < 4.78 is 0. The minimum Gasteiger partial charge on any atom is -0.264 e. The Hall–Kier alpha value is -7.03. The van der Waals surface area contributed by atoms with Crippen LogP contribution in [0.5, 0.6) is 0 Å². The van der Waals surface area contributed by atoms with Crippen molar-refractivity contribution in [2.75, 3.05) is 0 Å². The molecule has 1 saturated carbocycles. The number of hydrogen-bond donors (Lipinski definition) is 0. The van der Waals surface area contributed by atoms with E-state index in [1.807, 2.05) is 48.7 Å². The van der Waals surface area contributed by atoms with E-state index in [0.29, 0.717) is 17.5 Å². The Morgan fingerprint density at radius 2 is 1.00 bits per heavy atom. The Morgan fingerprint density at radius 3 is 1.68 bits per heavy atom. The van der Waals surface area contributed by atoms with Crippen LogP contribution in [-0.4, -0.2) is 19.9 Å². The van der Waals surface area contributed by atoms with Gasteiger partial charge in [-0.15, -0.1) is 0 Å². The fourth-order valence-corrected chi connectivity index (χ4v) is 8.86. The normalized spacial score (nSPS) is 13.8. The molecule has 2 aromatic heterocycles. The van der Waals surface area contributed by atoms with E-state index in [-0.39, 0.29) is 5.41 Å². The summed E-state index contributed by atoms with van der Waals surface area (Å²) in [4.78, 5) is 19.3. The van der Waals surface area contributed by atoms with Gasteiger partial charge in [0.15, 0.2) is 17.5 Å². The fourth-order valence-electron chi connectivity index (χ4n) is 8.86. The van der Waals surface area contributed by atoms with Gasteiger partial charge in [0.2, 0.25) is 0 Å². The predicted octanol–water partition coefficient (Wildman–Crippen LogP) is 12.4. The summed E-state index contributed by atoms with van der Waals surface area (Å²) in [6.07, 6.45) is 9.69. The highest BCUT2D eigenvalue weighted by molar-refractivity contribution is 5.86. The van der Waals surface area contributed by atoms with Crippen LogP contribution in [0.4, 0.5) is 0 Å². The smallest absolute Gasteiger partial charge is 0.164 e. The Morgan fingerprint density at radius 1 is 0.429 bits per heavy atom. The van der Waals surface area contributed by atoms with E-state index < -0.39 is 0 Å². The molecule has 6 aromatic carbocycles. The minimum absolute atomic E-state index is 0.0161. The van der Waals surface area contributed by atoms with Crippen molar-refractivity contribution in [3.8, 4) is 84.7 Å². The molecular formula is C51H37N5. The molecule has 2 aliphatic rings. The fraction of sp³-hybridized carbons (Fsp3) is 0.118. The lowest BCUT2D eigenvalue weighted by Gasteiger charge is -2.36. The van der Waals surface area contributed by atoms with Crippen LogP contribution in [0.1, 0.15) is 48.8 Å². The molecule has 2 aliphatic carbocycles. The van der Waals surface area contributed by atoms with Crippen molar-refractivity contribution in [1.82, 2.24) is 19.9 Å². The molecule has 0 aliphatic heterocycles. The lowest BCUT2D eigenvalue weighted by Crippen LogP contribution is -2.28. The van der Waals surface area contributed by atoms with Crippen molar-refractivity contribution >= 4 is 0 Å². The van der Waals surface area contributed by atoms with Crippen LogP contribution in [0, 0.1) is 11.3 Å². The van der Waals surface area contributed by atoms with Crippen LogP contribution < -0.4 is 0 Å². The summed E-state index contributed by atoms with van der Waals surface area (Å²) >= 11 is 0. The molecule has 0 saturated heterocycles. The van der Waals surface area contributed by atoms with Gasteiger partial charge in [-0.3, -0.25) is 4.98 Å². The average Bonchev–Trinajstić information content (AvgIpc) is 3.54. The number of hydrogen-bond acceptors (Lipinski definition) is 5. The predicted molar refractivity (Wildman–Crippen MR) is 224 cm³/mol. The summed E-state index contributed by atoms with van der Waals surface area (Å²) in [5.41, 5.74) is 15.6. The highest BCUT2D eigenvalue weighted by Gasteiger charge is 2.43. The van der Waals surface area contributed by atoms with Gasteiger partial charge in [-0.25, -0.2) is 15.0 Å². The molecule has 0 bridgehead atoms. The van der Waals surface area contributed by atoms with Gasteiger partial charge >= 0.3 is 0 Å². The van der Waals surface area contributed by atoms with Crippen molar-refractivity contribution in [2.24, 2.45) is 0 Å². The first-order valence-corrected chi connectivity index (χ1v) is 19.4. The van der Waals surface area contributed by atoms with Gasteiger partial charge in [0.1, 0.15) is 0 Å². The molecule has 0 atom stereocenters. The second-order valence-electron chi connectivity index (χ2n) is 14.9. The first-order chi connectivity index (χ1) is 27.6. The van der Waals surface area contributed by atoms with Crippen LogP contribution in [0.25, 0.3) is 78.7 Å². The molecular weight excluding hydrogens is 683 g/mol. The number of fused-ring (bicyclic) bond motifs is 5. The zero-order valence-electron chi connectivity index (χ0n) is 30.9. The van der Waals surface area contributed by atoms with Gasteiger partial charge in [0, 0.05) is 34.5 Å². The first-order valence-electron chi connectivity index (χ1n) is 19.4. The Kier molecular flexibility index (Phi) is 8.38. The van der Waals surface area contributed by atoms with Gasteiger partial charge in [-0.05, 0) is 105 Å².